The van der Waals surface area contributed by atoms with Crippen LogP contribution in [0.25, 0.3) is 0 Å². The van der Waals surface area contributed by atoms with Crippen LogP contribution in [0, 0.1) is 5.92 Å². The summed E-state index contributed by atoms with van der Waals surface area (Å²) in [6.07, 6.45) is 0. The lowest BCUT2D eigenvalue weighted by atomic mass is 10.2. The van der Waals surface area contributed by atoms with Crippen molar-refractivity contribution in [2.75, 3.05) is 6.61 Å². The van der Waals surface area contributed by atoms with Gasteiger partial charge in [-0.05, 0) is 5.92 Å². The van der Waals surface area contributed by atoms with E-state index in [-0.39, 0.29) is 0 Å². The summed E-state index contributed by atoms with van der Waals surface area (Å²) in [5.74, 6) is 0.551. The van der Waals surface area contributed by atoms with Crippen molar-refractivity contribution in [3.8, 4) is 0 Å². The van der Waals surface area contributed by atoms with Gasteiger partial charge in [-0.3, -0.25) is 0 Å². The number of rotatable bonds is 2. The molecule has 1 nitrogen and oxygen atoms in total. The second-order valence-electron chi connectivity index (χ2n) is 1.73. The minimum absolute atomic E-state index is 0.551. The minimum Gasteiger partial charge on any atom is -0.447 e. The Morgan fingerprint density at radius 2 is 2.17 bits per heavy atom. The number of hydrogen-bond acceptors (Lipinski definition) is 1. The van der Waals surface area contributed by atoms with Gasteiger partial charge in [-0.2, -0.15) is 0 Å². The van der Waals surface area contributed by atoms with Crippen molar-refractivity contribution in [1.29, 1.82) is 0 Å². The van der Waals surface area contributed by atoms with Crippen LogP contribution in [0.5, 0.6) is 0 Å². The van der Waals surface area contributed by atoms with E-state index in [1.807, 2.05) is 13.8 Å². The summed E-state index contributed by atoms with van der Waals surface area (Å²) in [7, 11) is 4.73. The SMILES string of the molecule is [B]OCC(C)C. The predicted molar refractivity (Wildman–Crippen MR) is 26.5 cm³/mol. The lowest BCUT2D eigenvalue weighted by molar-refractivity contribution is 0.295. The first-order chi connectivity index (χ1) is 2.77. The molecule has 0 unspecified atom stereocenters. The molecular formula is C4H9BO. The van der Waals surface area contributed by atoms with Crippen LogP contribution in [0.3, 0.4) is 0 Å². The van der Waals surface area contributed by atoms with E-state index in [9.17, 15) is 0 Å². The van der Waals surface area contributed by atoms with E-state index in [2.05, 4.69) is 4.65 Å². The molecule has 0 amide bonds. The summed E-state index contributed by atoms with van der Waals surface area (Å²) in [6, 6.07) is 0. The summed E-state index contributed by atoms with van der Waals surface area (Å²) in [4.78, 5) is 0. The van der Waals surface area contributed by atoms with Gasteiger partial charge < -0.3 is 4.65 Å². The van der Waals surface area contributed by atoms with Gasteiger partial charge in [-0.25, -0.2) is 0 Å². The third kappa shape index (κ3) is 4.02. The molecule has 0 aliphatic heterocycles. The molecule has 0 fully saturated rings. The smallest absolute Gasteiger partial charge is 0.282 e. The highest BCUT2D eigenvalue weighted by Gasteiger charge is 1.85. The average Bonchev–Trinajstić information content (AvgIpc) is 1.35. The van der Waals surface area contributed by atoms with E-state index in [1.54, 1.807) is 0 Å². The van der Waals surface area contributed by atoms with Gasteiger partial charge in [0.1, 0.15) is 0 Å². The van der Waals surface area contributed by atoms with Gasteiger partial charge in [0.2, 0.25) is 0 Å². The highest BCUT2D eigenvalue weighted by atomic mass is 16.4. The summed E-state index contributed by atoms with van der Waals surface area (Å²) in [6.45, 7) is 4.75. The van der Waals surface area contributed by atoms with Gasteiger partial charge in [0.25, 0.3) is 8.05 Å². The predicted octanol–water partition coefficient (Wildman–Crippen LogP) is 0.742. The quantitative estimate of drug-likeness (QED) is 0.448. The molecule has 0 N–H and O–H groups in total. The fourth-order valence-corrected chi connectivity index (χ4v) is 0.192. The maximum absolute atomic E-state index is 4.73. The van der Waals surface area contributed by atoms with Gasteiger partial charge in [0.15, 0.2) is 0 Å². The molecule has 0 rings (SSSR count). The second-order valence-corrected chi connectivity index (χ2v) is 1.73. The lowest BCUT2D eigenvalue weighted by Crippen LogP contribution is -1.97. The van der Waals surface area contributed by atoms with Gasteiger partial charge in [0, 0.05) is 6.61 Å². The van der Waals surface area contributed by atoms with Gasteiger partial charge in [-0.1, -0.05) is 13.8 Å². The Hall–Kier alpha value is 0.0249. The Morgan fingerprint density at radius 1 is 1.67 bits per heavy atom. The highest BCUT2D eigenvalue weighted by molar-refractivity contribution is 5.97. The van der Waals surface area contributed by atoms with Crippen molar-refractivity contribution in [2.24, 2.45) is 5.92 Å². The molecule has 0 aromatic carbocycles. The minimum atomic E-state index is 0.551. The van der Waals surface area contributed by atoms with E-state index in [4.69, 9.17) is 8.05 Å². The van der Waals surface area contributed by atoms with Crippen LogP contribution in [0.4, 0.5) is 0 Å². The molecule has 0 aromatic heterocycles. The van der Waals surface area contributed by atoms with E-state index < -0.39 is 0 Å². The summed E-state index contributed by atoms with van der Waals surface area (Å²) >= 11 is 0. The van der Waals surface area contributed by atoms with Crippen molar-refractivity contribution < 1.29 is 4.65 Å². The van der Waals surface area contributed by atoms with Crippen LogP contribution >= 0.6 is 0 Å². The Kier molecular flexibility index (Phi) is 3.24. The average molecular weight is 83.9 g/mol. The fourth-order valence-electron chi connectivity index (χ4n) is 0.192. The van der Waals surface area contributed by atoms with Crippen molar-refractivity contribution >= 4 is 8.05 Å². The zero-order valence-corrected chi connectivity index (χ0v) is 4.27. The number of hydrogen-bond donors (Lipinski definition) is 0. The summed E-state index contributed by atoms with van der Waals surface area (Å²) < 4.78 is 4.30. The molecule has 0 aliphatic carbocycles. The van der Waals surface area contributed by atoms with Gasteiger partial charge in [0.05, 0.1) is 0 Å². The highest BCUT2D eigenvalue weighted by Crippen LogP contribution is 1.87. The topological polar surface area (TPSA) is 9.23 Å². The molecule has 0 saturated carbocycles. The van der Waals surface area contributed by atoms with E-state index in [1.165, 1.54) is 0 Å². The molecule has 0 saturated heterocycles. The van der Waals surface area contributed by atoms with Crippen molar-refractivity contribution in [2.45, 2.75) is 13.8 Å². The van der Waals surface area contributed by atoms with Crippen molar-refractivity contribution in [1.82, 2.24) is 0 Å². The van der Waals surface area contributed by atoms with Crippen molar-refractivity contribution in [3.63, 3.8) is 0 Å². The van der Waals surface area contributed by atoms with Crippen LogP contribution < -0.4 is 0 Å². The first-order valence-electron chi connectivity index (χ1n) is 2.09. The monoisotopic (exact) mass is 84.1 g/mol. The Morgan fingerprint density at radius 3 is 2.17 bits per heavy atom. The molecule has 34 valence electrons. The zero-order chi connectivity index (χ0) is 4.99. The molecule has 6 heavy (non-hydrogen) atoms. The molecule has 0 aliphatic rings. The first kappa shape index (κ1) is 6.02. The molecule has 0 spiro atoms. The van der Waals surface area contributed by atoms with E-state index in [0.29, 0.717) is 12.5 Å². The van der Waals surface area contributed by atoms with Gasteiger partial charge in [-0.15, -0.1) is 0 Å². The molecule has 0 atom stereocenters. The Balaban J connectivity index is 2.63. The molecular weight excluding hydrogens is 74.9 g/mol. The van der Waals surface area contributed by atoms with Crippen LogP contribution in [-0.4, -0.2) is 14.7 Å². The molecule has 0 bridgehead atoms. The van der Waals surface area contributed by atoms with Gasteiger partial charge >= 0.3 is 0 Å². The maximum Gasteiger partial charge on any atom is 0.282 e. The normalized spacial score (nSPS) is 9.83. The fraction of sp³-hybridized carbons (Fsp3) is 1.00. The van der Waals surface area contributed by atoms with Crippen molar-refractivity contribution in [3.05, 3.63) is 0 Å². The zero-order valence-electron chi connectivity index (χ0n) is 4.27. The van der Waals surface area contributed by atoms with E-state index in [0.717, 1.165) is 0 Å². The Labute approximate surface area is 40.1 Å². The summed E-state index contributed by atoms with van der Waals surface area (Å²) in [5.41, 5.74) is 0. The first-order valence-corrected chi connectivity index (χ1v) is 2.09. The van der Waals surface area contributed by atoms with E-state index >= 15 is 0 Å². The van der Waals surface area contributed by atoms with Crippen LogP contribution in [0.15, 0.2) is 0 Å². The molecule has 2 heteroatoms. The van der Waals surface area contributed by atoms with Crippen LogP contribution in [0.1, 0.15) is 13.8 Å². The van der Waals surface area contributed by atoms with Crippen LogP contribution in [-0.2, 0) is 4.65 Å². The third-order valence-corrected chi connectivity index (χ3v) is 0.430. The second kappa shape index (κ2) is 3.22. The largest absolute Gasteiger partial charge is 0.447 e. The summed E-state index contributed by atoms with van der Waals surface area (Å²) in [5, 5.41) is 0. The maximum atomic E-state index is 4.73. The molecule has 0 heterocycles. The standard InChI is InChI=1S/C4H9BO/c1-4(2)3-6-5/h4H,3H2,1-2H3. The molecule has 0 aromatic rings. The Bertz CT molecular complexity index is 28.7. The van der Waals surface area contributed by atoms with Crippen LogP contribution in [0.2, 0.25) is 0 Å². The third-order valence-electron chi connectivity index (χ3n) is 0.430. The lowest BCUT2D eigenvalue weighted by Gasteiger charge is -1.98. The molecule has 2 radical (unpaired) electrons.